The molecule has 1 N–H and O–H groups in total. The Bertz CT molecular complexity index is 800. The van der Waals surface area contributed by atoms with Crippen LogP contribution in [0.2, 0.25) is 0 Å². The van der Waals surface area contributed by atoms with Gasteiger partial charge >= 0.3 is 11.9 Å². The predicted octanol–water partition coefficient (Wildman–Crippen LogP) is 2.49. The fourth-order valence-corrected chi connectivity index (χ4v) is 2.23. The van der Waals surface area contributed by atoms with Gasteiger partial charge in [-0.2, -0.15) is 0 Å². The van der Waals surface area contributed by atoms with Crippen LogP contribution >= 0.6 is 0 Å². The number of esters is 2. The van der Waals surface area contributed by atoms with E-state index in [2.05, 4.69) is 10.1 Å². The molecule has 0 atom stereocenters. The van der Waals surface area contributed by atoms with Crippen molar-refractivity contribution in [3.05, 3.63) is 77.5 Å². The zero-order valence-electron chi connectivity index (χ0n) is 15.0. The van der Waals surface area contributed by atoms with Crippen molar-refractivity contribution in [2.75, 3.05) is 13.7 Å². The van der Waals surface area contributed by atoms with Gasteiger partial charge < -0.3 is 14.8 Å². The summed E-state index contributed by atoms with van der Waals surface area (Å²) in [7, 11) is 1.27. The average molecular weight is 367 g/mol. The highest BCUT2D eigenvalue weighted by Crippen LogP contribution is 2.10. The molecule has 0 aliphatic carbocycles. The first-order chi connectivity index (χ1) is 13.1. The molecule has 0 aromatic heterocycles. The zero-order valence-corrected chi connectivity index (χ0v) is 15.0. The molecule has 0 radical (unpaired) electrons. The number of benzene rings is 2. The van der Waals surface area contributed by atoms with Crippen LogP contribution in [0, 0.1) is 0 Å². The van der Waals surface area contributed by atoms with Crippen molar-refractivity contribution < 1.29 is 23.9 Å². The smallest absolute Gasteiger partial charge is 0.315 e. The number of carbonyl (C=O) groups excluding carboxylic acids is 3. The van der Waals surface area contributed by atoms with Gasteiger partial charge in [-0.05, 0) is 17.2 Å². The van der Waals surface area contributed by atoms with Crippen LogP contribution in [0.3, 0.4) is 0 Å². The van der Waals surface area contributed by atoms with Gasteiger partial charge in [0.05, 0.1) is 20.0 Å². The van der Waals surface area contributed by atoms with Crippen LogP contribution in [0.15, 0.2) is 66.4 Å². The molecule has 0 aliphatic heterocycles. The van der Waals surface area contributed by atoms with Crippen LogP contribution < -0.4 is 5.32 Å². The van der Waals surface area contributed by atoms with Crippen molar-refractivity contribution in [1.82, 2.24) is 5.32 Å². The molecule has 6 heteroatoms. The Labute approximate surface area is 157 Å². The fraction of sp³-hybridized carbons (Fsp3) is 0.190. The SMILES string of the molecule is COC(=O)CCNC(=O)/C(=C/c1ccccc1)OC(=O)Cc1ccccc1. The lowest BCUT2D eigenvalue weighted by atomic mass is 10.1. The number of hydrogen-bond acceptors (Lipinski definition) is 5. The van der Waals surface area contributed by atoms with Crippen LogP contribution in [-0.2, 0) is 30.3 Å². The van der Waals surface area contributed by atoms with E-state index in [1.165, 1.54) is 13.2 Å². The van der Waals surface area contributed by atoms with E-state index in [1.54, 1.807) is 24.3 Å². The highest BCUT2D eigenvalue weighted by Gasteiger charge is 2.16. The molecule has 0 unspecified atom stereocenters. The van der Waals surface area contributed by atoms with Crippen molar-refractivity contribution in [3.8, 4) is 0 Å². The van der Waals surface area contributed by atoms with E-state index >= 15 is 0 Å². The average Bonchev–Trinajstić information content (AvgIpc) is 2.68. The van der Waals surface area contributed by atoms with Crippen molar-refractivity contribution >= 4 is 23.9 Å². The van der Waals surface area contributed by atoms with E-state index in [0.29, 0.717) is 5.56 Å². The number of amides is 1. The zero-order chi connectivity index (χ0) is 19.5. The Hall–Kier alpha value is -3.41. The van der Waals surface area contributed by atoms with E-state index in [-0.39, 0.29) is 25.1 Å². The normalized spacial score (nSPS) is 10.8. The molecule has 0 heterocycles. The molecule has 0 saturated heterocycles. The minimum Gasteiger partial charge on any atom is -0.469 e. The summed E-state index contributed by atoms with van der Waals surface area (Å²) in [5, 5.41) is 2.55. The third-order valence-corrected chi connectivity index (χ3v) is 3.58. The minimum absolute atomic E-state index is 0.0266. The second kappa shape index (κ2) is 10.6. The first-order valence-corrected chi connectivity index (χ1v) is 8.45. The van der Waals surface area contributed by atoms with Crippen LogP contribution in [-0.4, -0.2) is 31.5 Å². The van der Waals surface area contributed by atoms with E-state index in [4.69, 9.17) is 4.74 Å². The highest BCUT2D eigenvalue weighted by atomic mass is 16.5. The van der Waals surface area contributed by atoms with E-state index in [1.807, 2.05) is 36.4 Å². The maximum Gasteiger partial charge on any atom is 0.315 e. The number of carbonyl (C=O) groups is 3. The number of rotatable bonds is 8. The van der Waals surface area contributed by atoms with Gasteiger partial charge in [-0.15, -0.1) is 0 Å². The summed E-state index contributed by atoms with van der Waals surface area (Å²) < 4.78 is 9.83. The first kappa shape index (κ1) is 19.9. The van der Waals surface area contributed by atoms with Crippen molar-refractivity contribution in [2.45, 2.75) is 12.8 Å². The second-order valence-electron chi connectivity index (χ2n) is 5.64. The number of ether oxygens (including phenoxy) is 2. The first-order valence-electron chi connectivity index (χ1n) is 8.45. The monoisotopic (exact) mass is 367 g/mol. The van der Waals surface area contributed by atoms with Gasteiger partial charge in [0.25, 0.3) is 5.91 Å². The molecule has 1 amide bonds. The third kappa shape index (κ3) is 7.15. The topological polar surface area (TPSA) is 81.7 Å². The Morgan fingerprint density at radius 1 is 0.926 bits per heavy atom. The molecule has 0 spiro atoms. The summed E-state index contributed by atoms with van der Waals surface area (Å²) in [4.78, 5) is 35.8. The molecular weight excluding hydrogens is 346 g/mol. The molecule has 2 aromatic carbocycles. The van der Waals surface area contributed by atoms with E-state index in [9.17, 15) is 14.4 Å². The van der Waals surface area contributed by atoms with Crippen LogP contribution in [0.4, 0.5) is 0 Å². The largest absolute Gasteiger partial charge is 0.469 e. The lowest BCUT2D eigenvalue weighted by molar-refractivity contribution is -0.143. The number of nitrogens with one attached hydrogen (secondary N) is 1. The molecule has 140 valence electrons. The number of hydrogen-bond donors (Lipinski definition) is 1. The molecule has 0 saturated carbocycles. The lowest BCUT2D eigenvalue weighted by Gasteiger charge is -2.10. The summed E-state index contributed by atoms with van der Waals surface area (Å²) in [6.07, 6.45) is 1.55. The molecule has 0 fully saturated rings. The van der Waals surface area contributed by atoms with Crippen LogP contribution in [0.5, 0.6) is 0 Å². The van der Waals surface area contributed by atoms with Gasteiger partial charge in [-0.3, -0.25) is 14.4 Å². The van der Waals surface area contributed by atoms with Gasteiger partial charge in [-0.25, -0.2) is 0 Å². The molecule has 0 bridgehead atoms. The summed E-state index contributed by atoms with van der Waals surface area (Å²) in [5.74, 6) is -1.70. The summed E-state index contributed by atoms with van der Waals surface area (Å²) in [6, 6.07) is 18.1. The van der Waals surface area contributed by atoms with Crippen molar-refractivity contribution in [3.63, 3.8) is 0 Å². The van der Waals surface area contributed by atoms with Crippen molar-refractivity contribution in [1.29, 1.82) is 0 Å². The Kier molecular flexibility index (Phi) is 7.78. The van der Waals surface area contributed by atoms with E-state index < -0.39 is 17.8 Å². The maximum atomic E-state index is 12.4. The van der Waals surface area contributed by atoms with Gasteiger partial charge in [-0.1, -0.05) is 60.7 Å². The Morgan fingerprint density at radius 2 is 1.56 bits per heavy atom. The second-order valence-corrected chi connectivity index (χ2v) is 5.64. The Balaban J connectivity index is 2.07. The summed E-state index contributed by atoms with van der Waals surface area (Å²) in [6.45, 7) is 0.0773. The van der Waals surface area contributed by atoms with Gasteiger partial charge in [0.1, 0.15) is 0 Å². The van der Waals surface area contributed by atoms with Gasteiger partial charge in [0.15, 0.2) is 5.76 Å². The lowest BCUT2D eigenvalue weighted by Crippen LogP contribution is -2.29. The van der Waals surface area contributed by atoms with Gasteiger partial charge in [0.2, 0.25) is 0 Å². The fourth-order valence-electron chi connectivity index (χ4n) is 2.23. The van der Waals surface area contributed by atoms with Crippen LogP contribution in [0.25, 0.3) is 6.08 Å². The van der Waals surface area contributed by atoms with Crippen LogP contribution in [0.1, 0.15) is 17.5 Å². The standard InChI is InChI=1S/C21H21NO5/c1-26-19(23)12-13-22-21(25)18(14-16-8-4-2-5-9-16)27-20(24)15-17-10-6-3-7-11-17/h2-11,14H,12-13,15H2,1H3,(H,22,25)/b18-14-. The van der Waals surface area contributed by atoms with Crippen molar-refractivity contribution in [2.24, 2.45) is 0 Å². The molecule has 6 nitrogen and oxygen atoms in total. The Morgan fingerprint density at radius 3 is 2.19 bits per heavy atom. The third-order valence-electron chi connectivity index (χ3n) is 3.58. The quantitative estimate of drug-likeness (QED) is 0.440. The summed E-state index contributed by atoms with van der Waals surface area (Å²) in [5.41, 5.74) is 1.50. The molecule has 2 aromatic rings. The molecule has 0 aliphatic rings. The van der Waals surface area contributed by atoms with E-state index in [0.717, 1.165) is 5.56 Å². The molecule has 2 rings (SSSR count). The molecule has 27 heavy (non-hydrogen) atoms. The molecular formula is C21H21NO5. The minimum atomic E-state index is -0.579. The highest BCUT2D eigenvalue weighted by molar-refractivity contribution is 5.98. The summed E-state index contributed by atoms with van der Waals surface area (Å²) >= 11 is 0. The number of methoxy groups -OCH3 is 1. The maximum absolute atomic E-state index is 12.4. The predicted molar refractivity (Wildman–Crippen MR) is 100 cm³/mol. The van der Waals surface area contributed by atoms with Gasteiger partial charge in [0, 0.05) is 6.54 Å².